The van der Waals surface area contributed by atoms with E-state index in [1.54, 1.807) is 28.8 Å². The third kappa shape index (κ3) is 2.51. The SMILES string of the molecule is N#Cc1ccc(-c2nc(C(F)(F)F)cn2C2CCC2)cc1. The first-order valence-electron chi connectivity index (χ1n) is 6.65. The van der Waals surface area contributed by atoms with Crippen molar-refractivity contribution in [3.63, 3.8) is 0 Å². The summed E-state index contributed by atoms with van der Waals surface area (Å²) in [6.07, 6.45) is -0.585. The lowest BCUT2D eigenvalue weighted by Crippen LogP contribution is -2.17. The molecular formula is C15H12F3N3. The lowest BCUT2D eigenvalue weighted by molar-refractivity contribution is -0.140. The van der Waals surface area contributed by atoms with Gasteiger partial charge in [-0.2, -0.15) is 18.4 Å². The van der Waals surface area contributed by atoms with E-state index in [2.05, 4.69) is 4.98 Å². The average molecular weight is 291 g/mol. The highest BCUT2D eigenvalue weighted by Gasteiger charge is 2.36. The molecule has 0 amide bonds. The number of nitriles is 1. The Balaban J connectivity index is 2.06. The maximum absolute atomic E-state index is 12.9. The number of alkyl halides is 3. The Morgan fingerprint density at radius 1 is 1.19 bits per heavy atom. The Morgan fingerprint density at radius 2 is 1.86 bits per heavy atom. The molecule has 3 rings (SSSR count). The van der Waals surface area contributed by atoms with E-state index < -0.39 is 11.9 Å². The van der Waals surface area contributed by atoms with Crippen LogP contribution in [-0.4, -0.2) is 9.55 Å². The van der Waals surface area contributed by atoms with Crippen molar-refractivity contribution in [1.29, 1.82) is 5.26 Å². The van der Waals surface area contributed by atoms with Gasteiger partial charge in [-0.15, -0.1) is 0 Å². The molecule has 1 heterocycles. The van der Waals surface area contributed by atoms with E-state index in [9.17, 15) is 13.2 Å². The molecule has 0 N–H and O–H groups in total. The van der Waals surface area contributed by atoms with Gasteiger partial charge in [0.05, 0.1) is 11.6 Å². The predicted octanol–water partition coefficient (Wildman–Crippen LogP) is 4.17. The molecule has 1 aromatic carbocycles. The van der Waals surface area contributed by atoms with Crippen LogP contribution >= 0.6 is 0 Å². The number of halogens is 3. The summed E-state index contributed by atoms with van der Waals surface area (Å²) >= 11 is 0. The summed E-state index contributed by atoms with van der Waals surface area (Å²) in [6, 6.07) is 8.51. The van der Waals surface area contributed by atoms with Crippen LogP contribution in [0, 0.1) is 11.3 Å². The molecule has 0 saturated heterocycles. The smallest absolute Gasteiger partial charge is 0.327 e. The molecule has 1 aromatic heterocycles. The van der Waals surface area contributed by atoms with E-state index >= 15 is 0 Å². The molecule has 0 unspecified atom stereocenters. The van der Waals surface area contributed by atoms with E-state index in [0.717, 1.165) is 25.5 Å². The molecule has 0 atom stereocenters. The van der Waals surface area contributed by atoms with Crippen molar-refractivity contribution >= 4 is 0 Å². The molecule has 6 heteroatoms. The Hall–Kier alpha value is -2.29. The quantitative estimate of drug-likeness (QED) is 0.833. The number of hydrogen-bond acceptors (Lipinski definition) is 2. The molecule has 1 aliphatic rings. The highest BCUT2D eigenvalue weighted by Crippen LogP contribution is 2.38. The fraction of sp³-hybridized carbons (Fsp3) is 0.333. The van der Waals surface area contributed by atoms with Crippen LogP contribution in [0.4, 0.5) is 13.2 Å². The number of rotatable bonds is 2. The number of aromatic nitrogens is 2. The van der Waals surface area contributed by atoms with E-state index in [1.807, 2.05) is 6.07 Å². The molecule has 0 spiro atoms. The zero-order valence-electron chi connectivity index (χ0n) is 11.1. The molecule has 2 aromatic rings. The van der Waals surface area contributed by atoms with Crippen LogP contribution < -0.4 is 0 Å². The van der Waals surface area contributed by atoms with Gasteiger partial charge in [0.15, 0.2) is 5.69 Å². The lowest BCUT2D eigenvalue weighted by atomic mass is 9.92. The summed E-state index contributed by atoms with van der Waals surface area (Å²) in [4.78, 5) is 3.77. The predicted molar refractivity (Wildman–Crippen MR) is 70.3 cm³/mol. The van der Waals surface area contributed by atoms with Crippen LogP contribution in [0.1, 0.15) is 36.6 Å². The van der Waals surface area contributed by atoms with Gasteiger partial charge in [0, 0.05) is 17.8 Å². The Kier molecular flexibility index (Phi) is 3.20. The zero-order valence-corrected chi connectivity index (χ0v) is 11.1. The summed E-state index contributed by atoms with van der Waals surface area (Å²) in [5.41, 5.74) is 0.196. The normalized spacial score (nSPS) is 15.5. The fourth-order valence-electron chi connectivity index (χ4n) is 2.38. The first-order chi connectivity index (χ1) is 9.99. The molecular weight excluding hydrogens is 279 g/mol. The topological polar surface area (TPSA) is 41.6 Å². The van der Waals surface area contributed by atoms with Gasteiger partial charge in [-0.1, -0.05) is 0 Å². The van der Waals surface area contributed by atoms with Gasteiger partial charge in [0.2, 0.25) is 0 Å². The Bertz CT molecular complexity index is 688. The van der Waals surface area contributed by atoms with Crippen LogP contribution in [0.5, 0.6) is 0 Å². The van der Waals surface area contributed by atoms with E-state index in [1.165, 1.54) is 0 Å². The first-order valence-corrected chi connectivity index (χ1v) is 6.65. The van der Waals surface area contributed by atoms with Gasteiger partial charge in [0.1, 0.15) is 5.82 Å². The van der Waals surface area contributed by atoms with Crippen LogP contribution in [-0.2, 0) is 6.18 Å². The van der Waals surface area contributed by atoms with Gasteiger partial charge < -0.3 is 4.57 Å². The summed E-state index contributed by atoms with van der Waals surface area (Å²) in [5, 5.41) is 8.78. The molecule has 0 aliphatic heterocycles. The average Bonchev–Trinajstić information content (AvgIpc) is 2.81. The van der Waals surface area contributed by atoms with Gasteiger partial charge in [-0.25, -0.2) is 4.98 Å². The molecule has 0 radical (unpaired) electrons. The minimum Gasteiger partial charge on any atom is -0.327 e. The standard InChI is InChI=1S/C15H12F3N3/c16-15(17,18)13-9-21(12-2-1-3-12)14(20-13)11-6-4-10(8-19)5-7-11/h4-7,9,12H,1-3H2. The van der Waals surface area contributed by atoms with Crippen LogP contribution in [0.15, 0.2) is 30.5 Å². The van der Waals surface area contributed by atoms with Crippen molar-refractivity contribution in [1.82, 2.24) is 9.55 Å². The number of imidazole rings is 1. The highest BCUT2D eigenvalue weighted by molar-refractivity contribution is 5.58. The first kappa shape index (κ1) is 13.7. The second-order valence-electron chi connectivity index (χ2n) is 5.13. The van der Waals surface area contributed by atoms with Crippen molar-refractivity contribution in [2.24, 2.45) is 0 Å². The van der Waals surface area contributed by atoms with Gasteiger partial charge in [-0.05, 0) is 43.5 Å². The van der Waals surface area contributed by atoms with E-state index in [4.69, 9.17) is 5.26 Å². The molecule has 0 bridgehead atoms. The lowest BCUT2D eigenvalue weighted by Gasteiger charge is -2.28. The third-order valence-corrected chi connectivity index (χ3v) is 3.76. The monoisotopic (exact) mass is 291 g/mol. The van der Waals surface area contributed by atoms with Crippen molar-refractivity contribution in [2.45, 2.75) is 31.5 Å². The summed E-state index contributed by atoms with van der Waals surface area (Å²) in [7, 11) is 0. The molecule has 1 fully saturated rings. The Labute approximate surface area is 119 Å². The van der Waals surface area contributed by atoms with E-state index in [0.29, 0.717) is 17.0 Å². The van der Waals surface area contributed by atoms with Crippen molar-refractivity contribution in [3.8, 4) is 17.5 Å². The fourth-order valence-corrected chi connectivity index (χ4v) is 2.38. The summed E-state index contributed by atoms with van der Waals surface area (Å²) in [5.74, 6) is 0.316. The van der Waals surface area contributed by atoms with E-state index in [-0.39, 0.29) is 6.04 Å². The number of hydrogen-bond donors (Lipinski definition) is 0. The van der Waals surface area contributed by atoms with Crippen molar-refractivity contribution in [2.75, 3.05) is 0 Å². The molecule has 1 saturated carbocycles. The molecule has 1 aliphatic carbocycles. The third-order valence-electron chi connectivity index (χ3n) is 3.76. The maximum Gasteiger partial charge on any atom is 0.434 e. The van der Waals surface area contributed by atoms with Crippen LogP contribution in [0.2, 0.25) is 0 Å². The molecule has 3 nitrogen and oxygen atoms in total. The van der Waals surface area contributed by atoms with Crippen molar-refractivity contribution < 1.29 is 13.2 Å². The maximum atomic E-state index is 12.9. The summed E-state index contributed by atoms with van der Waals surface area (Å²) in [6.45, 7) is 0. The minimum absolute atomic E-state index is 0.0826. The van der Waals surface area contributed by atoms with Gasteiger partial charge >= 0.3 is 6.18 Å². The molecule has 21 heavy (non-hydrogen) atoms. The largest absolute Gasteiger partial charge is 0.434 e. The van der Waals surface area contributed by atoms with Crippen LogP contribution in [0.25, 0.3) is 11.4 Å². The highest BCUT2D eigenvalue weighted by atomic mass is 19.4. The molecule has 108 valence electrons. The number of benzene rings is 1. The minimum atomic E-state index is -4.45. The van der Waals surface area contributed by atoms with Crippen LogP contribution in [0.3, 0.4) is 0 Å². The number of nitrogens with zero attached hydrogens (tertiary/aromatic N) is 3. The zero-order chi connectivity index (χ0) is 15.0. The summed E-state index contributed by atoms with van der Waals surface area (Å²) < 4.78 is 40.3. The second-order valence-corrected chi connectivity index (χ2v) is 5.13. The Morgan fingerprint density at radius 3 is 2.33 bits per heavy atom. The van der Waals surface area contributed by atoms with Crippen molar-refractivity contribution in [3.05, 3.63) is 41.7 Å². The van der Waals surface area contributed by atoms with Gasteiger partial charge in [-0.3, -0.25) is 0 Å². The second kappa shape index (κ2) is 4.92. The van der Waals surface area contributed by atoms with Gasteiger partial charge in [0.25, 0.3) is 0 Å².